The zero-order chi connectivity index (χ0) is 16.1. The second kappa shape index (κ2) is 7.22. The van der Waals surface area contributed by atoms with Gasteiger partial charge in [-0.25, -0.2) is 4.68 Å². The van der Waals surface area contributed by atoms with E-state index < -0.39 is 5.91 Å². The van der Waals surface area contributed by atoms with Gasteiger partial charge in [0, 0.05) is 23.3 Å². The third-order valence-corrected chi connectivity index (χ3v) is 3.46. The lowest BCUT2D eigenvalue weighted by atomic mass is 10.2. The highest BCUT2D eigenvalue weighted by molar-refractivity contribution is 6.30. The molecule has 0 atom stereocenters. The second-order valence-electron chi connectivity index (χ2n) is 5.00. The number of aryl methyl sites for hydroxylation is 1. The van der Waals surface area contributed by atoms with Crippen LogP contribution < -0.4 is 10.7 Å². The van der Waals surface area contributed by atoms with Crippen LogP contribution in [0.4, 0.5) is 0 Å². The summed E-state index contributed by atoms with van der Waals surface area (Å²) in [7, 11) is 0. The van der Waals surface area contributed by atoms with Crippen LogP contribution in [0.1, 0.15) is 35.9 Å². The molecule has 6 heteroatoms. The topological polar surface area (TPSA) is 64.0 Å². The lowest BCUT2D eigenvalue weighted by Crippen LogP contribution is -2.32. The summed E-state index contributed by atoms with van der Waals surface area (Å²) in [6.45, 7) is 4.33. The molecule has 5 nitrogen and oxygen atoms in total. The number of hydrogen-bond donors (Lipinski definition) is 1. The minimum atomic E-state index is -0.443. The van der Waals surface area contributed by atoms with Gasteiger partial charge in [-0.05, 0) is 37.6 Å². The predicted octanol–water partition coefficient (Wildman–Crippen LogP) is 2.72. The van der Waals surface area contributed by atoms with Gasteiger partial charge in [-0.1, -0.05) is 24.9 Å². The normalized spacial score (nSPS) is 10.5. The number of amides is 1. The van der Waals surface area contributed by atoms with E-state index >= 15 is 0 Å². The van der Waals surface area contributed by atoms with E-state index in [1.54, 1.807) is 35.9 Å². The molecule has 22 heavy (non-hydrogen) atoms. The van der Waals surface area contributed by atoms with Crippen LogP contribution in [0.2, 0.25) is 5.02 Å². The Kier molecular flexibility index (Phi) is 5.33. The standard InChI is InChI=1S/C16H18ClN3O2/c1-3-4-9-18-16(22)15-14(21)10-11(2)20(19-15)13-7-5-12(17)6-8-13/h5-8,10H,3-4,9H2,1-2H3,(H,18,22). The fourth-order valence-corrected chi connectivity index (χ4v) is 2.14. The number of nitrogens with zero attached hydrogens (tertiary/aromatic N) is 2. The van der Waals surface area contributed by atoms with Gasteiger partial charge in [0.05, 0.1) is 5.69 Å². The van der Waals surface area contributed by atoms with E-state index in [9.17, 15) is 9.59 Å². The third kappa shape index (κ3) is 3.74. The van der Waals surface area contributed by atoms with Gasteiger partial charge in [-0.2, -0.15) is 5.10 Å². The Labute approximate surface area is 133 Å². The number of benzene rings is 1. The summed E-state index contributed by atoms with van der Waals surface area (Å²) in [6, 6.07) is 8.45. The van der Waals surface area contributed by atoms with Crippen molar-refractivity contribution < 1.29 is 4.79 Å². The highest BCUT2D eigenvalue weighted by atomic mass is 35.5. The molecule has 0 spiro atoms. The second-order valence-corrected chi connectivity index (χ2v) is 5.43. The molecule has 0 unspecified atom stereocenters. The number of aromatic nitrogens is 2. The van der Waals surface area contributed by atoms with Gasteiger partial charge in [0.1, 0.15) is 0 Å². The Morgan fingerprint density at radius 2 is 2.00 bits per heavy atom. The van der Waals surface area contributed by atoms with Gasteiger partial charge >= 0.3 is 0 Å². The molecule has 0 bridgehead atoms. The maximum absolute atomic E-state index is 12.1. The summed E-state index contributed by atoms with van der Waals surface area (Å²) in [5.41, 5.74) is 0.912. The van der Waals surface area contributed by atoms with Gasteiger partial charge in [0.15, 0.2) is 5.69 Å². The molecule has 0 saturated heterocycles. The lowest BCUT2D eigenvalue weighted by molar-refractivity contribution is 0.0945. The van der Waals surface area contributed by atoms with Crippen molar-refractivity contribution in [2.75, 3.05) is 6.54 Å². The molecular weight excluding hydrogens is 302 g/mol. The molecule has 1 N–H and O–H groups in total. The first-order valence-electron chi connectivity index (χ1n) is 7.18. The molecular formula is C16H18ClN3O2. The zero-order valence-corrected chi connectivity index (χ0v) is 13.4. The first kappa shape index (κ1) is 16.2. The van der Waals surface area contributed by atoms with E-state index in [2.05, 4.69) is 10.4 Å². The summed E-state index contributed by atoms with van der Waals surface area (Å²) in [6.07, 6.45) is 1.83. The fraction of sp³-hybridized carbons (Fsp3) is 0.312. The van der Waals surface area contributed by atoms with Crippen LogP contribution in [0.5, 0.6) is 0 Å². The Bertz CT molecular complexity index is 723. The Morgan fingerprint density at radius 1 is 1.32 bits per heavy atom. The summed E-state index contributed by atoms with van der Waals surface area (Å²) < 4.78 is 1.56. The van der Waals surface area contributed by atoms with E-state index in [4.69, 9.17) is 11.6 Å². The lowest BCUT2D eigenvalue weighted by Gasteiger charge is -2.11. The molecule has 0 aliphatic heterocycles. The summed E-state index contributed by atoms with van der Waals surface area (Å²) in [4.78, 5) is 24.1. The van der Waals surface area contributed by atoms with Crippen LogP contribution >= 0.6 is 11.6 Å². The van der Waals surface area contributed by atoms with Crippen LogP contribution in [0, 0.1) is 6.92 Å². The van der Waals surface area contributed by atoms with Crippen molar-refractivity contribution in [2.45, 2.75) is 26.7 Å². The summed E-state index contributed by atoms with van der Waals surface area (Å²) >= 11 is 5.87. The van der Waals surface area contributed by atoms with Crippen molar-refractivity contribution in [2.24, 2.45) is 0 Å². The first-order chi connectivity index (χ1) is 10.5. The molecule has 1 aromatic heterocycles. The predicted molar refractivity (Wildman–Crippen MR) is 86.8 cm³/mol. The average molecular weight is 320 g/mol. The smallest absolute Gasteiger partial charge is 0.275 e. The van der Waals surface area contributed by atoms with E-state index in [-0.39, 0.29) is 11.1 Å². The number of carbonyl (C=O) groups is 1. The third-order valence-electron chi connectivity index (χ3n) is 3.21. The van der Waals surface area contributed by atoms with Gasteiger partial charge in [-0.3, -0.25) is 9.59 Å². The zero-order valence-electron chi connectivity index (χ0n) is 12.6. The van der Waals surface area contributed by atoms with E-state index in [1.165, 1.54) is 6.07 Å². The monoisotopic (exact) mass is 319 g/mol. The number of unbranched alkanes of at least 4 members (excludes halogenated alkanes) is 1. The first-order valence-corrected chi connectivity index (χ1v) is 7.56. The highest BCUT2D eigenvalue weighted by Crippen LogP contribution is 2.13. The summed E-state index contributed by atoms with van der Waals surface area (Å²) in [5, 5.41) is 7.52. The molecule has 0 fully saturated rings. The minimum absolute atomic E-state index is 0.100. The average Bonchev–Trinajstić information content (AvgIpc) is 2.48. The summed E-state index contributed by atoms with van der Waals surface area (Å²) in [5.74, 6) is -0.443. The van der Waals surface area contributed by atoms with Crippen molar-refractivity contribution in [1.82, 2.24) is 15.1 Å². The van der Waals surface area contributed by atoms with Crippen LogP contribution in [0.15, 0.2) is 35.1 Å². The Morgan fingerprint density at radius 3 is 2.64 bits per heavy atom. The van der Waals surface area contributed by atoms with Gasteiger partial charge in [0.2, 0.25) is 5.43 Å². The van der Waals surface area contributed by atoms with Crippen LogP contribution in [0.25, 0.3) is 5.69 Å². The SMILES string of the molecule is CCCCNC(=O)c1nn(-c2ccc(Cl)cc2)c(C)cc1=O. The van der Waals surface area contributed by atoms with Crippen molar-refractivity contribution >= 4 is 17.5 Å². The van der Waals surface area contributed by atoms with Crippen molar-refractivity contribution in [3.05, 3.63) is 57.0 Å². The van der Waals surface area contributed by atoms with E-state index in [0.29, 0.717) is 17.3 Å². The maximum atomic E-state index is 12.1. The quantitative estimate of drug-likeness (QED) is 0.862. The van der Waals surface area contributed by atoms with Crippen LogP contribution in [-0.4, -0.2) is 22.2 Å². The van der Waals surface area contributed by atoms with Crippen LogP contribution in [0.3, 0.4) is 0 Å². The number of halogens is 1. The largest absolute Gasteiger partial charge is 0.351 e. The van der Waals surface area contributed by atoms with Crippen molar-refractivity contribution in [3.8, 4) is 5.69 Å². The van der Waals surface area contributed by atoms with E-state index in [0.717, 1.165) is 18.5 Å². The highest BCUT2D eigenvalue weighted by Gasteiger charge is 2.14. The number of hydrogen-bond acceptors (Lipinski definition) is 3. The molecule has 0 aliphatic rings. The molecule has 2 rings (SSSR count). The Balaban J connectivity index is 2.36. The fourth-order valence-electron chi connectivity index (χ4n) is 2.01. The molecule has 0 radical (unpaired) electrons. The van der Waals surface area contributed by atoms with E-state index in [1.807, 2.05) is 6.92 Å². The van der Waals surface area contributed by atoms with Crippen molar-refractivity contribution in [1.29, 1.82) is 0 Å². The van der Waals surface area contributed by atoms with Gasteiger partial charge in [-0.15, -0.1) is 0 Å². The minimum Gasteiger partial charge on any atom is -0.351 e. The maximum Gasteiger partial charge on any atom is 0.275 e. The van der Waals surface area contributed by atoms with Crippen LogP contribution in [-0.2, 0) is 0 Å². The number of rotatable bonds is 5. The molecule has 116 valence electrons. The molecule has 1 aromatic carbocycles. The van der Waals surface area contributed by atoms with Crippen molar-refractivity contribution in [3.63, 3.8) is 0 Å². The molecule has 2 aromatic rings. The molecule has 1 heterocycles. The number of nitrogens with one attached hydrogen (secondary N) is 1. The molecule has 0 aliphatic carbocycles. The van der Waals surface area contributed by atoms with Gasteiger partial charge < -0.3 is 5.32 Å². The molecule has 1 amide bonds. The number of carbonyl (C=O) groups excluding carboxylic acids is 1. The Hall–Kier alpha value is -2.14. The molecule has 0 saturated carbocycles. The van der Waals surface area contributed by atoms with Gasteiger partial charge in [0.25, 0.3) is 5.91 Å².